The van der Waals surface area contributed by atoms with Gasteiger partial charge >= 0.3 is 0 Å². The normalized spacial score (nSPS) is 18.3. The number of halogens is 2. The molecule has 1 aliphatic heterocycles. The summed E-state index contributed by atoms with van der Waals surface area (Å²) in [4.78, 5) is 19.6. The van der Waals surface area contributed by atoms with Gasteiger partial charge in [-0.3, -0.25) is 14.8 Å². The fourth-order valence-electron chi connectivity index (χ4n) is 4.40. The van der Waals surface area contributed by atoms with Gasteiger partial charge in [0.05, 0.1) is 19.8 Å². The first-order valence-electron chi connectivity index (χ1n) is 10.0. The Morgan fingerprint density at radius 3 is 2.43 bits per heavy atom. The summed E-state index contributed by atoms with van der Waals surface area (Å²) in [5.74, 6) is 1.33. The third-order valence-corrected chi connectivity index (χ3v) is 5.86. The molecule has 0 unspecified atom stereocenters. The number of carbonyl (C=O) groups is 1. The summed E-state index contributed by atoms with van der Waals surface area (Å²) in [6.45, 7) is 3.69. The van der Waals surface area contributed by atoms with Crippen LogP contribution in [0, 0.1) is 0 Å². The fraction of sp³-hybridized carbons (Fsp3) is 0.550. The molecule has 2 fully saturated rings. The molecule has 4 N–H and O–H groups in total. The van der Waals surface area contributed by atoms with Gasteiger partial charge in [0.15, 0.2) is 5.82 Å². The summed E-state index contributed by atoms with van der Waals surface area (Å²) in [5, 5.41) is 10.0. The van der Waals surface area contributed by atoms with Crippen LogP contribution >= 0.6 is 24.8 Å². The summed E-state index contributed by atoms with van der Waals surface area (Å²) >= 11 is 0. The highest BCUT2D eigenvalue weighted by molar-refractivity contribution is 5.91. The average Bonchev–Trinajstić information content (AvgIpc) is 3.39. The first-order chi connectivity index (χ1) is 13.7. The molecule has 0 bridgehead atoms. The Hall–Kier alpha value is -1.71. The first-order valence-corrected chi connectivity index (χ1v) is 10.0. The van der Waals surface area contributed by atoms with E-state index in [0.29, 0.717) is 24.6 Å². The fourth-order valence-corrected chi connectivity index (χ4v) is 4.40. The number of carbonyl (C=O) groups excluding carboxylic acids is 1. The van der Waals surface area contributed by atoms with Crippen molar-refractivity contribution in [2.75, 3.05) is 31.6 Å². The number of hydrogen-bond donors (Lipinski definition) is 3. The zero-order valence-electron chi connectivity index (χ0n) is 16.9. The Kier molecular flexibility index (Phi) is 9.06. The Morgan fingerprint density at radius 2 is 1.83 bits per heavy atom. The highest BCUT2D eigenvalue weighted by atomic mass is 35.5. The van der Waals surface area contributed by atoms with E-state index in [-0.39, 0.29) is 36.3 Å². The predicted octanol–water partition coefficient (Wildman–Crippen LogP) is 2.75. The number of H-pyrrole nitrogens is 1. The van der Waals surface area contributed by atoms with Crippen molar-refractivity contribution in [3.05, 3.63) is 30.1 Å². The molecular formula is C20H30Cl2N6O2. The topological polar surface area (TPSA) is 109 Å². The number of hydrogen-bond acceptors (Lipinski definition) is 6. The molecule has 2 aromatic rings. The summed E-state index contributed by atoms with van der Waals surface area (Å²) in [7, 11) is 0. The number of ether oxygens (including phenoxy) is 1. The van der Waals surface area contributed by atoms with Gasteiger partial charge in [-0.2, -0.15) is 5.10 Å². The minimum absolute atomic E-state index is 0. The van der Waals surface area contributed by atoms with Crippen LogP contribution in [-0.4, -0.2) is 57.8 Å². The molecule has 2 aliphatic rings. The molecule has 30 heavy (non-hydrogen) atoms. The number of nitrogens with one attached hydrogen (secondary N) is 2. The third kappa shape index (κ3) is 5.50. The predicted molar refractivity (Wildman–Crippen MR) is 121 cm³/mol. The molecule has 2 heterocycles. The van der Waals surface area contributed by atoms with E-state index < -0.39 is 0 Å². The number of rotatable bonds is 6. The van der Waals surface area contributed by atoms with E-state index in [1.165, 1.54) is 12.8 Å². The number of morpholine rings is 1. The highest BCUT2D eigenvalue weighted by Crippen LogP contribution is 2.38. The number of aromatic nitrogens is 3. The number of amides is 1. The Morgan fingerprint density at radius 1 is 1.17 bits per heavy atom. The van der Waals surface area contributed by atoms with Crippen molar-refractivity contribution >= 4 is 36.4 Å². The smallest absolute Gasteiger partial charge is 0.226 e. The van der Waals surface area contributed by atoms with E-state index in [2.05, 4.69) is 25.4 Å². The van der Waals surface area contributed by atoms with Crippen LogP contribution in [0.15, 0.2) is 24.3 Å². The van der Waals surface area contributed by atoms with Gasteiger partial charge in [0.25, 0.3) is 0 Å². The average molecular weight is 457 g/mol. The van der Waals surface area contributed by atoms with Crippen LogP contribution in [0.1, 0.15) is 37.9 Å². The number of benzene rings is 1. The van der Waals surface area contributed by atoms with Gasteiger partial charge in [-0.25, -0.2) is 4.98 Å². The lowest BCUT2D eigenvalue weighted by atomic mass is 9.90. The molecule has 1 saturated carbocycles. The van der Waals surface area contributed by atoms with Crippen molar-refractivity contribution in [1.29, 1.82) is 0 Å². The van der Waals surface area contributed by atoms with Crippen LogP contribution in [-0.2, 0) is 16.1 Å². The maximum Gasteiger partial charge on any atom is 0.226 e. The van der Waals surface area contributed by atoms with Crippen molar-refractivity contribution in [3.8, 4) is 11.4 Å². The van der Waals surface area contributed by atoms with Crippen molar-refractivity contribution < 1.29 is 9.53 Å². The molecule has 0 atom stereocenters. The Labute approximate surface area is 189 Å². The summed E-state index contributed by atoms with van der Waals surface area (Å²) in [5.41, 5.74) is 7.23. The lowest BCUT2D eigenvalue weighted by molar-refractivity contribution is -0.120. The van der Waals surface area contributed by atoms with E-state index in [1.54, 1.807) is 0 Å². The lowest BCUT2D eigenvalue weighted by Crippen LogP contribution is -2.53. The van der Waals surface area contributed by atoms with Gasteiger partial charge in [-0.05, 0) is 37.1 Å². The van der Waals surface area contributed by atoms with Gasteiger partial charge in [0.2, 0.25) is 5.91 Å². The van der Waals surface area contributed by atoms with Crippen LogP contribution in [0.4, 0.5) is 5.69 Å². The van der Waals surface area contributed by atoms with Crippen LogP contribution < -0.4 is 11.1 Å². The molecule has 1 saturated heterocycles. The molecule has 1 amide bonds. The maximum atomic E-state index is 12.8. The van der Waals surface area contributed by atoms with Gasteiger partial charge in [-0.15, -0.1) is 24.8 Å². The maximum absolute atomic E-state index is 12.8. The molecule has 10 heteroatoms. The van der Waals surface area contributed by atoms with E-state index >= 15 is 0 Å². The standard InChI is InChI=1S/C20H28N6O2.2ClH/c21-14-17-23-19(25-24-17)15-3-5-16(6-4-15)22-18(27)13-20(7-1-2-8-20)26-9-11-28-12-10-26;;/h3-6H,1-2,7-14,21H2,(H,22,27)(H,23,24,25);2*1H. The van der Waals surface area contributed by atoms with Gasteiger partial charge in [0, 0.05) is 36.3 Å². The molecule has 0 spiro atoms. The molecule has 1 aromatic carbocycles. The Balaban J connectivity index is 0.00000160. The van der Waals surface area contributed by atoms with E-state index in [1.807, 2.05) is 24.3 Å². The number of nitrogens with two attached hydrogens (primary N) is 1. The van der Waals surface area contributed by atoms with E-state index in [9.17, 15) is 4.79 Å². The second kappa shape index (κ2) is 11.1. The van der Waals surface area contributed by atoms with Crippen LogP contribution in [0.5, 0.6) is 0 Å². The molecule has 4 rings (SSSR count). The summed E-state index contributed by atoms with van der Waals surface area (Å²) in [6.07, 6.45) is 5.11. The summed E-state index contributed by atoms with van der Waals surface area (Å²) in [6, 6.07) is 7.60. The second-order valence-electron chi connectivity index (χ2n) is 7.64. The van der Waals surface area contributed by atoms with Gasteiger partial charge in [0.1, 0.15) is 5.82 Å². The number of anilines is 1. The second-order valence-corrected chi connectivity index (χ2v) is 7.64. The molecule has 1 aromatic heterocycles. The van der Waals surface area contributed by atoms with Crippen LogP contribution in [0.25, 0.3) is 11.4 Å². The van der Waals surface area contributed by atoms with Crippen LogP contribution in [0.2, 0.25) is 0 Å². The van der Waals surface area contributed by atoms with Crippen molar-refractivity contribution in [2.45, 2.75) is 44.2 Å². The highest BCUT2D eigenvalue weighted by Gasteiger charge is 2.41. The van der Waals surface area contributed by atoms with Crippen molar-refractivity contribution in [3.63, 3.8) is 0 Å². The zero-order chi connectivity index (χ0) is 19.4. The minimum atomic E-state index is -0.00854. The molecule has 8 nitrogen and oxygen atoms in total. The van der Waals surface area contributed by atoms with E-state index in [0.717, 1.165) is 50.4 Å². The first kappa shape index (κ1) is 24.6. The molecular weight excluding hydrogens is 427 g/mol. The zero-order valence-corrected chi connectivity index (χ0v) is 18.6. The van der Waals surface area contributed by atoms with Gasteiger partial charge in [-0.1, -0.05) is 12.8 Å². The third-order valence-electron chi connectivity index (χ3n) is 5.86. The Bertz CT molecular complexity index is 802. The minimum Gasteiger partial charge on any atom is -0.379 e. The largest absolute Gasteiger partial charge is 0.379 e. The molecule has 166 valence electrons. The van der Waals surface area contributed by atoms with Crippen LogP contribution in [0.3, 0.4) is 0 Å². The summed E-state index contributed by atoms with van der Waals surface area (Å²) < 4.78 is 5.50. The number of nitrogens with zero attached hydrogens (tertiary/aromatic N) is 3. The molecule has 1 aliphatic carbocycles. The number of aromatic amines is 1. The lowest BCUT2D eigenvalue weighted by Gasteiger charge is -2.43. The molecule has 0 radical (unpaired) electrons. The van der Waals surface area contributed by atoms with Crippen molar-refractivity contribution in [2.24, 2.45) is 5.73 Å². The SMILES string of the molecule is Cl.Cl.NCc1nc(-c2ccc(NC(=O)CC3(N4CCOCC4)CCCC3)cc2)n[nH]1. The monoisotopic (exact) mass is 456 g/mol. The quantitative estimate of drug-likeness (QED) is 0.616. The van der Waals surface area contributed by atoms with Crippen molar-refractivity contribution in [1.82, 2.24) is 20.1 Å². The van der Waals surface area contributed by atoms with Gasteiger partial charge < -0.3 is 15.8 Å². The van der Waals surface area contributed by atoms with E-state index in [4.69, 9.17) is 10.5 Å².